The van der Waals surface area contributed by atoms with Crippen molar-refractivity contribution in [3.8, 4) is 0 Å². The van der Waals surface area contributed by atoms with Gasteiger partial charge in [0.25, 0.3) is 0 Å². The Morgan fingerprint density at radius 1 is 1.27 bits per heavy atom. The SMILES string of the molecule is CC1=C(CCN2CCC(n3cc(C(C)(C)N)nn3)CC2)C(C)(C)CCC1. The molecule has 0 amide bonds. The second kappa shape index (κ2) is 7.43. The highest BCUT2D eigenvalue weighted by atomic mass is 15.4. The van der Waals surface area contributed by atoms with E-state index < -0.39 is 5.54 Å². The number of hydrogen-bond acceptors (Lipinski definition) is 4. The van der Waals surface area contributed by atoms with Crippen LogP contribution in [0.15, 0.2) is 17.3 Å². The average Bonchev–Trinajstić information content (AvgIpc) is 3.04. The molecule has 0 saturated carbocycles. The highest BCUT2D eigenvalue weighted by molar-refractivity contribution is 5.22. The maximum Gasteiger partial charge on any atom is 0.102 e. The third-order valence-corrected chi connectivity index (χ3v) is 6.47. The van der Waals surface area contributed by atoms with Gasteiger partial charge < -0.3 is 10.6 Å². The summed E-state index contributed by atoms with van der Waals surface area (Å²) in [4.78, 5) is 2.63. The number of rotatable bonds is 5. The van der Waals surface area contributed by atoms with Crippen LogP contribution in [0.5, 0.6) is 0 Å². The monoisotopic (exact) mass is 359 g/mol. The molecule has 1 aromatic rings. The fourth-order valence-corrected chi connectivity index (χ4v) is 4.65. The van der Waals surface area contributed by atoms with Gasteiger partial charge in [-0.3, -0.25) is 0 Å². The van der Waals surface area contributed by atoms with Crippen molar-refractivity contribution in [1.82, 2.24) is 19.9 Å². The Kier molecular flexibility index (Phi) is 5.59. The zero-order valence-corrected chi connectivity index (χ0v) is 17.4. The van der Waals surface area contributed by atoms with E-state index in [1.165, 1.54) is 32.2 Å². The molecule has 1 aromatic heterocycles. The molecule has 1 fully saturated rings. The Morgan fingerprint density at radius 2 is 1.96 bits per heavy atom. The molecule has 5 heteroatoms. The quantitative estimate of drug-likeness (QED) is 0.807. The Labute approximate surface area is 159 Å². The van der Waals surface area contributed by atoms with Gasteiger partial charge >= 0.3 is 0 Å². The van der Waals surface area contributed by atoms with Crippen LogP contribution in [0.2, 0.25) is 0 Å². The van der Waals surface area contributed by atoms with Gasteiger partial charge in [0.05, 0.1) is 17.8 Å². The van der Waals surface area contributed by atoms with E-state index in [-0.39, 0.29) is 0 Å². The Bertz CT molecular complexity index is 642. The molecule has 2 heterocycles. The summed E-state index contributed by atoms with van der Waals surface area (Å²) in [7, 11) is 0. The van der Waals surface area contributed by atoms with Crippen LogP contribution in [0, 0.1) is 5.41 Å². The minimum atomic E-state index is -0.419. The molecule has 1 aliphatic carbocycles. The molecule has 1 saturated heterocycles. The van der Waals surface area contributed by atoms with Crippen LogP contribution in [0.25, 0.3) is 0 Å². The van der Waals surface area contributed by atoms with Crippen LogP contribution < -0.4 is 5.73 Å². The van der Waals surface area contributed by atoms with Crippen LogP contribution in [0.4, 0.5) is 0 Å². The van der Waals surface area contributed by atoms with Crippen molar-refractivity contribution in [3.63, 3.8) is 0 Å². The molecular weight excluding hydrogens is 322 g/mol. The lowest BCUT2D eigenvalue weighted by atomic mass is 9.71. The zero-order valence-electron chi connectivity index (χ0n) is 17.4. The number of aromatic nitrogens is 3. The molecular formula is C21H37N5. The summed E-state index contributed by atoms with van der Waals surface area (Å²) in [5.74, 6) is 0. The summed E-state index contributed by atoms with van der Waals surface area (Å²) in [5.41, 5.74) is 10.4. The lowest BCUT2D eigenvalue weighted by molar-refractivity contribution is 0.176. The second-order valence-electron chi connectivity index (χ2n) is 9.62. The highest BCUT2D eigenvalue weighted by Gasteiger charge is 2.29. The standard InChI is InChI=1S/C21H37N5/c1-16-7-6-11-20(2,3)18(16)10-14-25-12-8-17(9-13-25)26-15-19(23-24-26)21(4,5)22/h15,17H,6-14,22H2,1-5H3. The van der Waals surface area contributed by atoms with E-state index in [2.05, 4.69) is 36.0 Å². The summed E-state index contributed by atoms with van der Waals surface area (Å²) in [5, 5.41) is 8.61. The maximum atomic E-state index is 6.14. The van der Waals surface area contributed by atoms with Crippen molar-refractivity contribution in [2.45, 2.75) is 84.7 Å². The summed E-state index contributed by atoms with van der Waals surface area (Å²) < 4.78 is 2.04. The van der Waals surface area contributed by atoms with Gasteiger partial charge in [-0.05, 0) is 64.7 Å². The fraction of sp³-hybridized carbons (Fsp3) is 0.810. The van der Waals surface area contributed by atoms with E-state index in [0.29, 0.717) is 11.5 Å². The number of nitrogens with zero attached hydrogens (tertiary/aromatic N) is 4. The Balaban J connectivity index is 1.52. The van der Waals surface area contributed by atoms with Crippen LogP contribution in [-0.4, -0.2) is 39.5 Å². The Morgan fingerprint density at radius 3 is 2.54 bits per heavy atom. The van der Waals surface area contributed by atoms with Crippen molar-refractivity contribution in [3.05, 3.63) is 23.0 Å². The predicted molar refractivity (Wildman–Crippen MR) is 107 cm³/mol. The van der Waals surface area contributed by atoms with Crippen LogP contribution >= 0.6 is 0 Å². The van der Waals surface area contributed by atoms with Crippen LogP contribution in [0.1, 0.15) is 84.9 Å². The van der Waals surface area contributed by atoms with Crippen molar-refractivity contribution in [1.29, 1.82) is 0 Å². The third-order valence-electron chi connectivity index (χ3n) is 6.47. The number of hydrogen-bond donors (Lipinski definition) is 1. The first-order chi connectivity index (χ1) is 12.2. The normalized spacial score (nSPS) is 22.8. The largest absolute Gasteiger partial charge is 0.320 e. The number of likely N-dealkylation sites (tertiary alicyclic amines) is 1. The summed E-state index contributed by atoms with van der Waals surface area (Å²) in [6, 6.07) is 0.460. The van der Waals surface area contributed by atoms with Gasteiger partial charge in [-0.1, -0.05) is 30.2 Å². The van der Waals surface area contributed by atoms with E-state index in [1.54, 1.807) is 11.1 Å². The first-order valence-electron chi connectivity index (χ1n) is 10.3. The minimum absolute atomic E-state index is 0.396. The van der Waals surface area contributed by atoms with E-state index in [0.717, 1.165) is 31.6 Å². The third kappa shape index (κ3) is 4.37. The van der Waals surface area contributed by atoms with Gasteiger partial charge in [0, 0.05) is 19.6 Å². The van der Waals surface area contributed by atoms with Gasteiger partial charge in [-0.15, -0.1) is 5.10 Å². The minimum Gasteiger partial charge on any atom is -0.320 e. The van der Waals surface area contributed by atoms with Gasteiger partial charge in [0.1, 0.15) is 5.69 Å². The van der Waals surface area contributed by atoms with Crippen molar-refractivity contribution >= 4 is 0 Å². The fourth-order valence-electron chi connectivity index (χ4n) is 4.65. The molecule has 2 N–H and O–H groups in total. The maximum absolute atomic E-state index is 6.14. The Hall–Kier alpha value is -1.20. The zero-order chi connectivity index (χ0) is 18.9. The molecule has 0 spiro atoms. The molecule has 1 aliphatic heterocycles. The first-order valence-corrected chi connectivity index (χ1v) is 10.3. The van der Waals surface area contributed by atoms with Crippen LogP contribution in [0.3, 0.4) is 0 Å². The molecule has 3 rings (SSSR count). The molecule has 26 heavy (non-hydrogen) atoms. The predicted octanol–water partition coefficient (Wildman–Crippen LogP) is 4.03. The van der Waals surface area contributed by atoms with E-state index in [9.17, 15) is 0 Å². The molecule has 0 atom stereocenters. The summed E-state index contributed by atoms with van der Waals surface area (Å²) in [6.45, 7) is 14.7. The lowest BCUT2D eigenvalue weighted by Crippen LogP contribution is -2.36. The molecule has 0 unspecified atom stereocenters. The molecule has 5 nitrogen and oxygen atoms in total. The topological polar surface area (TPSA) is 60.0 Å². The number of allylic oxidation sites excluding steroid dienone is 1. The molecule has 0 radical (unpaired) electrons. The van der Waals surface area contributed by atoms with Gasteiger partial charge in [0.15, 0.2) is 0 Å². The van der Waals surface area contributed by atoms with Gasteiger partial charge in [0.2, 0.25) is 0 Å². The smallest absolute Gasteiger partial charge is 0.102 e. The summed E-state index contributed by atoms with van der Waals surface area (Å²) >= 11 is 0. The van der Waals surface area contributed by atoms with Gasteiger partial charge in [-0.2, -0.15) is 0 Å². The van der Waals surface area contributed by atoms with E-state index in [4.69, 9.17) is 5.73 Å². The van der Waals surface area contributed by atoms with Crippen LogP contribution in [-0.2, 0) is 5.54 Å². The highest BCUT2D eigenvalue weighted by Crippen LogP contribution is 2.41. The molecule has 0 aromatic carbocycles. The van der Waals surface area contributed by atoms with Gasteiger partial charge in [-0.25, -0.2) is 4.68 Å². The van der Waals surface area contributed by atoms with E-state index >= 15 is 0 Å². The molecule has 146 valence electrons. The lowest BCUT2D eigenvalue weighted by Gasteiger charge is -2.37. The summed E-state index contributed by atoms with van der Waals surface area (Å²) in [6.07, 6.45) is 9.57. The van der Waals surface area contributed by atoms with Crippen molar-refractivity contribution in [2.24, 2.45) is 11.1 Å². The number of nitrogens with two attached hydrogens (primary N) is 1. The number of piperidine rings is 1. The van der Waals surface area contributed by atoms with Crippen molar-refractivity contribution in [2.75, 3.05) is 19.6 Å². The average molecular weight is 360 g/mol. The van der Waals surface area contributed by atoms with Crippen molar-refractivity contribution < 1.29 is 0 Å². The van der Waals surface area contributed by atoms with E-state index in [1.807, 2.05) is 24.7 Å². The molecule has 2 aliphatic rings. The second-order valence-corrected chi connectivity index (χ2v) is 9.62. The first kappa shape index (κ1) is 19.6. The molecule has 0 bridgehead atoms.